The molecule has 1 N–H and O–H groups in total. The molecule has 1 heterocycles. The first-order valence-electron chi connectivity index (χ1n) is 10.2. The molecule has 0 radical (unpaired) electrons. The molecule has 31 heavy (non-hydrogen) atoms. The Morgan fingerprint density at radius 2 is 1.65 bits per heavy atom. The molecule has 5 nitrogen and oxygen atoms in total. The lowest BCUT2D eigenvalue weighted by Crippen LogP contribution is -2.32. The second-order valence-electron chi connectivity index (χ2n) is 8.89. The number of hydrogen-bond acceptors (Lipinski definition) is 5. The van der Waals surface area contributed by atoms with E-state index >= 15 is 0 Å². The van der Waals surface area contributed by atoms with Crippen LogP contribution in [0.5, 0.6) is 0 Å². The SMILES string of the molecule is CC1=C(C#N)C(c2cccc3c2-c2ccccc2C3=O)C(C(=O)OC(C)(C)C)=C(C)N1. The van der Waals surface area contributed by atoms with E-state index in [0.717, 1.165) is 16.7 Å². The van der Waals surface area contributed by atoms with Gasteiger partial charge in [-0.2, -0.15) is 5.26 Å². The first kappa shape index (κ1) is 20.6. The van der Waals surface area contributed by atoms with Gasteiger partial charge in [0, 0.05) is 22.5 Å². The van der Waals surface area contributed by atoms with Gasteiger partial charge in [-0.15, -0.1) is 0 Å². The van der Waals surface area contributed by atoms with Crippen LogP contribution in [0.3, 0.4) is 0 Å². The molecule has 0 fully saturated rings. The van der Waals surface area contributed by atoms with Crippen LogP contribution in [0.15, 0.2) is 65.0 Å². The molecule has 5 heteroatoms. The average Bonchev–Trinajstić information content (AvgIpc) is 2.99. The summed E-state index contributed by atoms with van der Waals surface area (Å²) >= 11 is 0. The number of hydrogen-bond donors (Lipinski definition) is 1. The van der Waals surface area contributed by atoms with Crippen LogP contribution in [0.25, 0.3) is 11.1 Å². The monoisotopic (exact) mass is 412 g/mol. The topological polar surface area (TPSA) is 79.2 Å². The van der Waals surface area contributed by atoms with E-state index in [0.29, 0.717) is 33.7 Å². The van der Waals surface area contributed by atoms with Crippen molar-refractivity contribution in [3.8, 4) is 17.2 Å². The number of ether oxygens (including phenoxy) is 1. The zero-order valence-corrected chi connectivity index (χ0v) is 18.3. The van der Waals surface area contributed by atoms with Gasteiger partial charge in [-0.25, -0.2) is 4.79 Å². The highest BCUT2D eigenvalue weighted by molar-refractivity contribution is 6.22. The van der Waals surface area contributed by atoms with Gasteiger partial charge in [0.2, 0.25) is 0 Å². The zero-order chi connectivity index (χ0) is 22.5. The fourth-order valence-corrected chi connectivity index (χ4v) is 4.40. The van der Waals surface area contributed by atoms with Gasteiger partial charge in [-0.1, -0.05) is 42.5 Å². The molecule has 1 unspecified atom stereocenters. The lowest BCUT2D eigenvalue weighted by molar-refractivity contribution is -0.150. The number of nitrogens with zero attached hydrogens (tertiary/aromatic N) is 1. The van der Waals surface area contributed by atoms with E-state index in [2.05, 4.69) is 11.4 Å². The van der Waals surface area contributed by atoms with Crippen LogP contribution < -0.4 is 5.32 Å². The van der Waals surface area contributed by atoms with Crippen LogP contribution in [0.4, 0.5) is 0 Å². The third kappa shape index (κ3) is 3.34. The minimum atomic E-state index is -0.681. The highest BCUT2D eigenvalue weighted by Crippen LogP contribution is 2.47. The van der Waals surface area contributed by atoms with Crippen molar-refractivity contribution in [2.24, 2.45) is 0 Å². The number of carbonyl (C=O) groups is 2. The Morgan fingerprint density at radius 1 is 1.00 bits per heavy atom. The second kappa shape index (κ2) is 7.24. The zero-order valence-electron chi connectivity index (χ0n) is 18.3. The Morgan fingerprint density at radius 3 is 2.29 bits per heavy atom. The number of allylic oxidation sites excluding steroid dienone is 3. The summed E-state index contributed by atoms with van der Waals surface area (Å²) in [4.78, 5) is 26.3. The first-order chi connectivity index (χ1) is 14.6. The van der Waals surface area contributed by atoms with Crippen LogP contribution >= 0.6 is 0 Å². The van der Waals surface area contributed by atoms with Crippen LogP contribution in [0.2, 0.25) is 0 Å². The summed E-state index contributed by atoms with van der Waals surface area (Å²) in [6, 6.07) is 15.3. The van der Waals surface area contributed by atoms with E-state index in [1.54, 1.807) is 6.07 Å². The third-order valence-corrected chi connectivity index (χ3v) is 5.59. The molecule has 156 valence electrons. The molecule has 4 rings (SSSR count). The lowest BCUT2D eigenvalue weighted by Gasteiger charge is -2.31. The molecule has 0 spiro atoms. The highest BCUT2D eigenvalue weighted by Gasteiger charge is 2.39. The number of esters is 1. The number of fused-ring (bicyclic) bond motifs is 3. The molecule has 1 aliphatic carbocycles. The van der Waals surface area contributed by atoms with Crippen molar-refractivity contribution < 1.29 is 14.3 Å². The quantitative estimate of drug-likeness (QED) is 0.599. The molecular weight excluding hydrogens is 388 g/mol. The van der Waals surface area contributed by atoms with Crippen LogP contribution in [-0.2, 0) is 9.53 Å². The second-order valence-corrected chi connectivity index (χ2v) is 8.89. The van der Waals surface area contributed by atoms with Crippen molar-refractivity contribution in [2.75, 3.05) is 0 Å². The molecule has 1 atom stereocenters. The standard InChI is InChI=1S/C26H24N2O3/c1-14-20(13-27)23(21(15(2)28-14)25(30)31-26(3,4)5)18-11-8-12-19-22(18)16-9-6-7-10-17(16)24(19)29/h6-12,23,28H,1-5H3. The van der Waals surface area contributed by atoms with E-state index in [9.17, 15) is 14.9 Å². The summed E-state index contributed by atoms with van der Waals surface area (Å²) in [7, 11) is 0. The van der Waals surface area contributed by atoms with Gasteiger partial charge in [-0.05, 0) is 51.3 Å². The fraction of sp³-hybridized carbons (Fsp3) is 0.269. The smallest absolute Gasteiger partial charge is 0.337 e. The Bertz CT molecular complexity index is 1240. The van der Waals surface area contributed by atoms with Crippen LogP contribution in [-0.4, -0.2) is 17.4 Å². The first-order valence-corrected chi connectivity index (χ1v) is 10.2. The molecule has 0 saturated heterocycles. The third-order valence-electron chi connectivity index (χ3n) is 5.59. The molecule has 0 aromatic heterocycles. The maximum absolute atomic E-state index is 13.3. The number of ketones is 1. The molecule has 0 amide bonds. The number of carbonyl (C=O) groups excluding carboxylic acids is 2. The van der Waals surface area contributed by atoms with E-state index in [-0.39, 0.29) is 5.78 Å². The summed E-state index contributed by atoms with van der Waals surface area (Å²) < 4.78 is 5.70. The number of rotatable bonds is 2. The molecule has 2 aromatic carbocycles. The van der Waals surface area contributed by atoms with E-state index in [4.69, 9.17) is 4.74 Å². The van der Waals surface area contributed by atoms with Gasteiger partial charge in [0.15, 0.2) is 5.78 Å². The Labute approximate surface area is 182 Å². The van der Waals surface area contributed by atoms with Crippen molar-refractivity contribution in [3.63, 3.8) is 0 Å². The number of nitrogens with one attached hydrogen (secondary N) is 1. The molecule has 0 saturated carbocycles. The summed E-state index contributed by atoms with van der Waals surface area (Å²) in [5, 5.41) is 13.2. The predicted molar refractivity (Wildman–Crippen MR) is 118 cm³/mol. The number of benzene rings is 2. The minimum absolute atomic E-state index is 0.0416. The van der Waals surface area contributed by atoms with Crippen molar-refractivity contribution in [1.29, 1.82) is 5.26 Å². The molecule has 2 aliphatic rings. The average molecular weight is 412 g/mol. The van der Waals surface area contributed by atoms with Crippen molar-refractivity contribution >= 4 is 11.8 Å². The van der Waals surface area contributed by atoms with Crippen LogP contribution in [0.1, 0.15) is 62.0 Å². The summed E-state index contributed by atoms with van der Waals surface area (Å²) in [5.74, 6) is -1.15. The van der Waals surface area contributed by atoms with E-state index in [1.807, 2.05) is 71.0 Å². The maximum atomic E-state index is 13.3. The Balaban J connectivity index is 1.98. The fourth-order valence-electron chi connectivity index (χ4n) is 4.40. The summed E-state index contributed by atoms with van der Waals surface area (Å²) in [5.41, 5.74) is 5.08. The normalized spacial score (nSPS) is 17.7. The molecule has 1 aliphatic heterocycles. The molecule has 2 aromatic rings. The lowest BCUT2D eigenvalue weighted by atomic mass is 9.78. The minimum Gasteiger partial charge on any atom is -0.457 e. The van der Waals surface area contributed by atoms with Crippen LogP contribution in [0, 0.1) is 11.3 Å². The largest absolute Gasteiger partial charge is 0.457 e. The summed E-state index contributed by atoms with van der Waals surface area (Å²) in [6.07, 6.45) is 0. The summed E-state index contributed by atoms with van der Waals surface area (Å²) in [6.45, 7) is 9.07. The van der Waals surface area contributed by atoms with Crippen molar-refractivity contribution in [2.45, 2.75) is 46.1 Å². The predicted octanol–water partition coefficient (Wildman–Crippen LogP) is 5.00. The Kier molecular flexibility index (Phi) is 4.82. The van der Waals surface area contributed by atoms with Gasteiger partial charge in [0.05, 0.1) is 23.1 Å². The van der Waals surface area contributed by atoms with Gasteiger partial charge >= 0.3 is 5.97 Å². The van der Waals surface area contributed by atoms with Crippen molar-refractivity contribution in [3.05, 3.63) is 81.7 Å². The molecule has 0 bridgehead atoms. The number of dihydropyridines is 1. The highest BCUT2D eigenvalue weighted by atomic mass is 16.6. The van der Waals surface area contributed by atoms with Gasteiger partial charge in [-0.3, -0.25) is 4.79 Å². The van der Waals surface area contributed by atoms with Gasteiger partial charge < -0.3 is 10.1 Å². The number of nitriles is 1. The Hall–Kier alpha value is -3.65. The van der Waals surface area contributed by atoms with E-state index < -0.39 is 17.5 Å². The molecular formula is C26H24N2O3. The maximum Gasteiger partial charge on any atom is 0.337 e. The van der Waals surface area contributed by atoms with Crippen molar-refractivity contribution in [1.82, 2.24) is 5.32 Å². The van der Waals surface area contributed by atoms with Gasteiger partial charge in [0.1, 0.15) is 5.60 Å². The van der Waals surface area contributed by atoms with Gasteiger partial charge in [0.25, 0.3) is 0 Å². The van der Waals surface area contributed by atoms with E-state index in [1.165, 1.54) is 0 Å².